The summed E-state index contributed by atoms with van der Waals surface area (Å²) < 4.78 is 0. The summed E-state index contributed by atoms with van der Waals surface area (Å²) in [7, 11) is 0. The van der Waals surface area contributed by atoms with Gasteiger partial charge in [-0.15, -0.1) is 0 Å². The summed E-state index contributed by atoms with van der Waals surface area (Å²) in [6, 6.07) is 0. The van der Waals surface area contributed by atoms with Crippen molar-refractivity contribution in [1.29, 1.82) is 0 Å². The van der Waals surface area contributed by atoms with Gasteiger partial charge in [0.1, 0.15) is 0 Å². The molecule has 0 saturated carbocycles. The van der Waals surface area contributed by atoms with Gasteiger partial charge < -0.3 is 4.90 Å². The maximum Gasteiger partial charge on any atom is 0.0151 e. The molecule has 11 heavy (non-hydrogen) atoms. The van der Waals surface area contributed by atoms with E-state index in [1.807, 2.05) is 38.7 Å². The molecule has 0 aromatic heterocycles. The van der Waals surface area contributed by atoms with E-state index in [0.29, 0.717) is 0 Å². The van der Waals surface area contributed by atoms with E-state index >= 15 is 0 Å². The molecule has 0 unspecified atom stereocenters. The van der Waals surface area contributed by atoms with Crippen LogP contribution in [0.5, 0.6) is 0 Å². The second-order valence-electron chi connectivity index (χ2n) is 2.74. The number of hydrogen-bond donors (Lipinski definition) is 0. The van der Waals surface area contributed by atoms with Crippen molar-refractivity contribution in [2.75, 3.05) is 0 Å². The van der Waals surface area contributed by atoms with Gasteiger partial charge in [-0.3, -0.25) is 0 Å². The summed E-state index contributed by atoms with van der Waals surface area (Å²) in [6.07, 6.45) is 2.04. The Labute approximate surface area is 69.7 Å². The zero-order chi connectivity index (χ0) is 9.02. The Hall–Kier alpha value is -0.980. The quantitative estimate of drug-likeness (QED) is 0.598. The first kappa shape index (κ1) is 10.0. The highest BCUT2D eigenvalue weighted by Crippen LogP contribution is 2.15. The van der Waals surface area contributed by atoms with E-state index < -0.39 is 0 Å². The molecule has 0 aromatic rings. The van der Waals surface area contributed by atoms with Crippen molar-refractivity contribution in [2.45, 2.75) is 27.7 Å². The fourth-order valence-electron chi connectivity index (χ4n) is 1.06. The third kappa shape index (κ3) is 2.62. The summed E-state index contributed by atoms with van der Waals surface area (Å²) in [5.41, 5.74) is 3.19. The smallest absolute Gasteiger partial charge is 0.0151 e. The molecule has 0 N–H and O–H groups in total. The van der Waals surface area contributed by atoms with Gasteiger partial charge in [0.05, 0.1) is 0 Å². The lowest BCUT2D eigenvalue weighted by atomic mass is 10.3. The van der Waals surface area contributed by atoms with Gasteiger partial charge in [-0.05, 0) is 27.7 Å². The number of rotatable bonds is 3. The van der Waals surface area contributed by atoms with E-state index in [0.717, 1.165) is 11.4 Å². The van der Waals surface area contributed by atoms with Crippen LogP contribution in [-0.2, 0) is 0 Å². The average Bonchev–Trinajstić information content (AvgIpc) is 1.85. The molecule has 0 rings (SSSR count). The van der Waals surface area contributed by atoms with Crippen LogP contribution in [0.25, 0.3) is 0 Å². The molecule has 0 saturated heterocycles. The molecule has 0 aromatic carbocycles. The van der Waals surface area contributed by atoms with Crippen LogP contribution in [0.2, 0.25) is 0 Å². The van der Waals surface area contributed by atoms with Gasteiger partial charge in [0.25, 0.3) is 0 Å². The van der Waals surface area contributed by atoms with Crippen molar-refractivity contribution in [2.24, 2.45) is 0 Å². The molecular weight excluding hydrogens is 134 g/mol. The molecular formula is C10H17N. The minimum absolute atomic E-state index is 1.01. The highest BCUT2D eigenvalue weighted by Gasteiger charge is 2.04. The fourth-order valence-corrected chi connectivity index (χ4v) is 1.06. The Kier molecular flexibility index (Phi) is 3.66. The van der Waals surface area contributed by atoms with E-state index in [4.69, 9.17) is 0 Å². The second-order valence-corrected chi connectivity index (χ2v) is 2.74. The van der Waals surface area contributed by atoms with Crippen LogP contribution in [0, 0.1) is 0 Å². The van der Waals surface area contributed by atoms with E-state index in [9.17, 15) is 0 Å². The zero-order valence-electron chi connectivity index (χ0n) is 7.94. The molecule has 0 amide bonds. The number of nitrogens with zero attached hydrogens (tertiary/aromatic N) is 1. The van der Waals surface area contributed by atoms with E-state index in [2.05, 4.69) is 13.2 Å². The molecule has 62 valence electrons. The van der Waals surface area contributed by atoms with Gasteiger partial charge in [0, 0.05) is 17.1 Å². The fraction of sp³-hybridized carbons (Fsp3) is 0.400. The van der Waals surface area contributed by atoms with Crippen LogP contribution in [0.4, 0.5) is 0 Å². The largest absolute Gasteiger partial charge is 0.324 e. The first-order valence-corrected chi connectivity index (χ1v) is 3.74. The lowest BCUT2D eigenvalue weighted by Crippen LogP contribution is -2.15. The summed E-state index contributed by atoms with van der Waals surface area (Å²) >= 11 is 0. The SMILES string of the molecule is C=C(C)N(C(=C)C)/C(C)=C\C. The lowest BCUT2D eigenvalue weighted by molar-refractivity contribution is 0.533. The number of hydrogen-bond acceptors (Lipinski definition) is 1. The Balaban J connectivity index is 4.62. The van der Waals surface area contributed by atoms with E-state index in [1.165, 1.54) is 5.70 Å². The van der Waals surface area contributed by atoms with Gasteiger partial charge in [0.2, 0.25) is 0 Å². The van der Waals surface area contributed by atoms with Crippen molar-refractivity contribution in [3.8, 4) is 0 Å². The van der Waals surface area contributed by atoms with Gasteiger partial charge in [-0.25, -0.2) is 0 Å². The maximum absolute atomic E-state index is 3.87. The molecule has 0 heterocycles. The molecule has 0 fully saturated rings. The zero-order valence-corrected chi connectivity index (χ0v) is 7.94. The van der Waals surface area contributed by atoms with Crippen molar-refractivity contribution in [3.05, 3.63) is 36.3 Å². The summed E-state index contributed by atoms with van der Waals surface area (Å²) in [6.45, 7) is 15.7. The molecule has 1 heteroatoms. The Morgan fingerprint density at radius 2 is 1.45 bits per heavy atom. The first-order chi connectivity index (χ1) is 5.00. The predicted octanol–water partition coefficient (Wildman–Crippen LogP) is 3.28. The second kappa shape index (κ2) is 4.02. The van der Waals surface area contributed by atoms with E-state index in [-0.39, 0.29) is 0 Å². The van der Waals surface area contributed by atoms with Crippen LogP contribution in [0.3, 0.4) is 0 Å². The average molecular weight is 151 g/mol. The molecule has 0 spiro atoms. The van der Waals surface area contributed by atoms with Crippen LogP contribution in [-0.4, -0.2) is 4.90 Å². The summed E-state index contributed by atoms with van der Waals surface area (Å²) in [4.78, 5) is 2.03. The van der Waals surface area contributed by atoms with Crippen LogP contribution in [0.1, 0.15) is 27.7 Å². The van der Waals surface area contributed by atoms with Gasteiger partial charge in [0.15, 0.2) is 0 Å². The van der Waals surface area contributed by atoms with E-state index in [1.54, 1.807) is 0 Å². The highest BCUT2D eigenvalue weighted by molar-refractivity contribution is 5.15. The van der Waals surface area contributed by atoms with Crippen molar-refractivity contribution < 1.29 is 0 Å². The van der Waals surface area contributed by atoms with Gasteiger partial charge in [-0.1, -0.05) is 19.2 Å². The third-order valence-corrected chi connectivity index (χ3v) is 1.53. The third-order valence-electron chi connectivity index (χ3n) is 1.53. The molecule has 1 nitrogen and oxygen atoms in total. The van der Waals surface area contributed by atoms with Gasteiger partial charge >= 0.3 is 0 Å². The van der Waals surface area contributed by atoms with Gasteiger partial charge in [-0.2, -0.15) is 0 Å². The molecule has 0 aliphatic rings. The Morgan fingerprint density at radius 1 is 1.09 bits per heavy atom. The topological polar surface area (TPSA) is 3.24 Å². The number of allylic oxidation sites excluding steroid dienone is 4. The Morgan fingerprint density at radius 3 is 1.55 bits per heavy atom. The van der Waals surface area contributed by atoms with Crippen molar-refractivity contribution >= 4 is 0 Å². The van der Waals surface area contributed by atoms with Crippen LogP contribution < -0.4 is 0 Å². The molecule has 0 bridgehead atoms. The normalized spacial score (nSPS) is 11.1. The first-order valence-electron chi connectivity index (χ1n) is 3.74. The molecule has 0 aliphatic carbocycles. The van der Waals surface area contributed by atoms with Crippen LogP contribution >= 0.6 is 0 Å². The monoisotopic (exact) mass is 151 g/mol. The van der Waals surface area contributed by atoms with Crippen molar-refractivity contribution in [3.63, 3.8) is 0 Å². The summed E-state index contributed by atoms with van der Waals surface area (Å²) in [5.74, 6) is 0. The highest BCUT2D eigenvalue weighted by atomic mass is 15.1. The molecule has 0 atom stereocenters. The minimum Gasteiger partial charge on any atom is -0.324 e. The molecule has 0 radical (unpaired) electrons. The lowest BCUT2D eigenvalue weighted by Gasteiger charge is -2.25. The minimum atomic E-state index is 1.01. The van der Waals surface area contributed by atoms with Crippen molar-refractivity contribution in [1.82, 2.24) is 4.90 Å². The maximum atomic E-state index is 3.87. The Bertz CT molecular complexity index is 185. The predicted molar refractivity (Wildman–Crippen MR) is 50.9 cm³/mol. The van der Waals surface area contributed by atoms with Crippen LogP contribution in [0.15, 0.2) is 36.3 Å². The standard InChI is InChI=1S/C10H17N/c1-7-10(6)11(8(2)3)9(4)5/h7H,2,4H2,1,3,5-6H3/b10-7-. The molecule has 0 aliphatic heterocycles. The summed E-state index contributed by atoms with van der Waals surface area (Å²) in [5, 5.41) is 0.